The van der Waals surface area contributed by atoms with Gasteiger partial charge in [-0.15, -0.1) is 0 Å². The van der Waals surface area contributed by atoms with Gasteiger partial charge in [-0.2, -0.15) is 0 Å². The highest BCUT2D eigenvalue weighted by molar-refractivity contribution is 6.30. The smallest absolute Gasteiger partial charge is 0.0661 e. The highest BCUT2D eigenvalue weighted by atomic mass is 35.5. The molecule has 0 aliphatic heterocycles. The predicted molar refractivity (Wildman–Crippen MR) is 72.5 cm³/mol. The van der Waals surface area contributed by atoms with Crippen LogP contribution >= 0.6 is 11.6 Å². The molecule has 3 heteroatoms. The minimum Gasteiger partial charge on any atom is -0.394 e. The van der Waals surface area contributed by atoms with Gasteiger partial charge in [0, 0.05) is 10.7 Å². The standard InChI is InChI=1S/C14H20ClNO/c1-14(10-17,11-5-2-3-6-11)16-13-8-4-7-12(15)9-13/h4,7-9,11,16-17H,2-3,5-6,10H2,1H3. The van der Waals surface area contributed by atoms with Gasteiger partial charge in [0.1, 0.15) is 0 Å². The topological polar surface area (TPSA) is 32.3 Å². The Kier molecular flexibility index (Phi) is 3.95. The molecular formula is C14H20ClNO. The van der Waals surface area contributed by atoms with Crippen LogP contribution in [0.5, 0.6) is 0 Å². The summed E-state index contributed by atoms with van der Waals surface area (Å²) in [6.45, 7) is 2.26. The molecule has 0 bridgehead atoms. The van der Waals surface area contributed by atoms with Gasteiger partial charge in [0.2, 0.25) is 0 Å². The van der Waals surface area contributed by atoms with E-state index < -0.39 is 0 Å². The van der Waals surface area contributed by atoms with Gasteiger partial charge in [-0.25, -0.2) is 0 Å². The van der Waals surface area contributed by atoms with Gasteiger partial charge in [-0.05, 0) is 43.9 Å². The Morgan fingerprint density at radius 2 is 2.12 bits per heavy atom. The Morgan fingerprint density at radius 1 is 1.41 bits per heavy atom. The van der Waals surface area contributed by atoms with Gasteiger partial charge >= 0.3 is 0 Å². The number of nitrogens with one attached hydrogen (secondary N) is 1. The van der Waals surface area contributed by atoms with Crippen molar-refractivity contribution >= 4 is 17.3 Å². The van der Waals surface area contributed by atoms with E-state index in [2.05, 4.69) is 12.2 Å². The third kappa shape index (κ3) is 2.93. The molecule has 0 heterocycles. The molecule has 1 aliphatic carbocycles. The van der Waals surface area contributed by atoms with Gasteiger partial charge in [0.05, 0.1) is 12.1 Å². The summed E-state index contributed by atoms with van der Waals surface area (Å²) >= 11 is 5.97. The van der Waals surface area contributed by atoms with Crippen molar-refractivity contribution in [1.29, 1.82) is 0 Å². The molecule has 1 aromatic rings. The minimum atomic E-state index is -0.235. The maximum absolute atomic E-state index is 9.68. The molecule has 0 amide bonds. The summed E-state index contributed by atoms with van der Waals surface area (Å²) in [4.78, 5) is 0. The second-order valence-corrected chi connectivity index (χ2v) is 5.63. The Balaban J connectivity index is 2.13. The third-order valence-corrected chi connectivity index (χ3v) is 4.07. The summed E-state index contributed by atoms with van der Waals surface area (Å²) in [5.41, 5.74) is 0.752. The molecule has 17 heavy (non-hydrogen) atoms. The number of aliphatic hydroxyl groups excluding tert-OH is 1. The van der Waals surface area contributed by atoms with Crippen molar-refractivity contribution in [3.05, 3.63) is 29.3 Å². The molecule has 94 valence electrons. The van der Waals surface area contributed by atoms with E-state index in [0.717, 1.165) is 10.7 Å². The summed E-state index contributed by atoms with van der Waals surface area (Å²) in [7, 11) is 0. The zero-order valence-electron chi connectivity index (χ0n) is 10.2. The fourth-order valence-electron chi connectivity index (χ4n) is 2.73. The molecular weight excluding hydrogens is 234 g/mol. The Bertz CT molecular complexity index is 376. The first kappa shape index (κ1) is 12.7. The van der Waals surface area contributed by atoms with Crippen LogP contribution in [0.1, 0.15) is 32.6 Å². The first-order valence-corrected chi connectivity index (χ1v) is 6.66. The summed E-state index contributed by atoms with van der Waals surface area (Å²) in [6.07, 6.45) is 4.95. The lowest BCUT2D eigenvalue weighted by molar-refractivity contribution is 0.172. The largest absolute Gasteiger partial charge is 0.394 e. The average Bonchev–Trinajstić information content (AvgIpc) is 2.83. The van der Waals surface area contributed by atoms with Gasteiger partial charge in [-0.1, -0.05) is 30.5 Å². The lowest BCUT2D eigenvalue weighted by Crippen LogP contribution is -2.45. The van der Waals surface area contributed by atoms with E-state index in [9.17, 15) is 5.11 Å². The summed E-state index contributed by atoms with van der Waals surface area (Å²) in [6, 6.07) is 7.69. The predicted octanol–water partition coefficient (Wildman–Crippen LogP) is 3.69. The van der Waals surface area contributed by atoms with Crippen molar-refractivity contribution < 1.29 is 5.11 Å². The van der Waals surface area contributed by atoms with E-state index in [1.807, 2.05) is 24.3 Å². The van der Waals surface area contributed by atoms with E-state index in [-0.39, 0.29) is 12.1 Å². The molecule has 1 aromatic carbocycles. The minimum absolute atomic E-state index is 0.157. The summed E-state index contributed by atoms with van der Waals surface area (Å²) in [5, 5.41) is 13.9. The molecule has 2 nitrogen and oxygen atoms in total. The monoisotopic (exact) mass is 253 g/mol. The van der Waals surface area contributed by atoms with E-state index in [0.29, 0.717) is 5.92 Å². The number of halogens is 1. The number of anilines is 1. The van der Waals surface area contributed by atoms with Crippen LogP contribution in [0.25, 0.3) is 0 Å². The van der Waals surface area contributed by atoms with Gasteiger partial charge in [0.25, 0.3) is 0 Å². The van der Waals surface area contributed by atoms with Crippen LogP contribution in [0.2, 0.25) is 5.02 Å². The van der Waals surface area contributed by atoms with Crippen molar-refractivity contribution in [2.45, 2.75) is 38.1 Å². The van der Waals surface area contributed by atoms with Crippen LogP contribution < -0.4 is 5.32 Å². The highest BCUT2D eigenvalue weighted by Gasteiger charge is 2.35. The van der Waals surface area contributed by atoms with Gasteiger partial charge < -0.3 is 10.4 Å². The quantitative estimate of drug-likeness (QED) is 0.858. The molecule has 0 spiro atoms. The number of hydrogen-bond acceptors (Lipinski definition) is 2. The van der Waals surface area contributed by atoms with Gasteiger partial charge in [0.15, 0.2) is 0 Å². The molecule has 1 aliphatic rings. The molecule has 0 radical (unpaired) electrons. The van der Waals surface area contributed by atoms with E-state index in [1.54, 1.807) is 0 Å². The van der Waals surface area contributed by atoms with Crippen molar-refractivity contribution in [3.63, 3.8) is 0 Å². The Labute approximate surface area is 108 Å². The van der Waals surface area contributed by atoms with Crippen LogP contribution in [0.3, 0.4) is 0 Å². The molecule has 0 aromatic heterocycles. The molecule has 2 rings (SSSR count). The second-order valence-electron chi connectivity index (χ2n) is 5.19. The second kappa shape index (κ2) is 5.28. The van der Waals surface area contributed by atoms with Crippen LogP contribution in [-0.2, 0) is 0 Å². The van der Waals surface area contributed by atoms with E-state index in [1.165, 1.54) is 25.7 Å². The number of aliphatic hydroxyl groups is 1. The number of rotatable bonds is 4. The molecule has 1 unspecified atom stereocenters. The Hall–Kier alpha value is -0.730. The van der Waals surface area contributed by atoms with Crippen molar-refractivity contribution in [1.82, 2.24) is 0 Å². The first-order valence-electron chi connectivity index (χ1n) is 6.29. The van der Waals surface area contributed by atoms with E-state index >= 15 is 0 Å². The van der Waals surface area contributed by atoms with Crippen molar-refractivity contribution in [3.8, 4) is 0 Å². The molecule has 2 N–H and O–H groups in total. The molecule has 1 saturated carbocycles. The highest BCUT2D eigenvalue weighted by Crippen LogP contribution is 2.36. The third-order valence-electron chi connectivity index (χ3n) is 3.84. The van der Waals surface area contributed by atoms with Crippen LogP contribution in [0.4, 0.5) is 5.69 Å². The Morgan fingerprint density at radius 3 is 2.71 bits per heavy atom. The van der Waals surface area contributed by atoms with Crippen LogP contribution in [0, 0.1) is 5.92 Å². The normalized spacial score (nSPS) is 20.2. The van der Waals surface area contributed by atoms with Crippen molar-refractivity contribution in [2.75, 3.05) is 11.9 Å². The van der Waals surface area contributed by atoms with Crippen LogP contribution in [0.15, 0.2) is 24.3 Å². The zero-order valence-corrected chi connectivity index (χ0v) is 11.0. The maximum Gasteiger partial charge on any atom is 0.0661 e. The number of hydrogen-bond donors (Lipinski definition) is 2. The maximum atomic E-state index is 9.68. The molecule has 1 fully saturated rings. The fourth-order valence-corrected chi connectivity index (χ4v) is 2.92. The van der Waals surface area contributed by atoms with E-state index in [4.69, 9.17) is 11.6 Å². The SMILES string of the molecule is CC(CO)(Nc1cccc(Cl)c1)C1CCCC1. The zero-order chi connectivity index (χ0) is 12.3. The molecule has 0 saturated heterocycles. The fraction of sp³-hybridized carbons (Fsp3) is 0.571. The lowest BCUT2D eigenvalue weighted by Gasteiger charge is -2.36. The first-order chi connectivity index (χ1) is 8.14. The molecule has 1 atom stereocenters. The average molecular weight is 254 g/mol. The number of benzene rings is 1. The van der Waals surface area contributed by atoms with Gasteiger partial charge in [-0.3, -0.25) is 0 Å². The summed E-state index contributed by atoms with van der Waals surface area (Å²) < 4.78 is 0. The van der Waals surface area contributed by atoms with Crippen LogP contribution in [-0.4, -0.2) is 17.3 Å². The summed E-state index contributed by atoms with van der Waals surface area (Å²) in [5.74, 6) is 0.548. The lowest BCUT2D eigenvalue weighted by atomic mass is 9.84. The van der Waals surface area contributed by atoms with Crippen molar-refractivity contribution in [2.24, 2.45) is 5.92 Å².